The number of hydrogen-bond donors (Lipinski definition) is 0. The van der Waals surface area contributed by atoms with Crippen molar-refractivity contribution >= 4 is 26.5 Å². The van der Waals surface area contributed by atoms with Crippen molar-refractivity contribution in [1.82, 2.24) is 2.89 Å². The van der Waals surface area contributed by atoms with Crippen LogP contribution in [-0.4, -0.2) is 35.9 Å². The molecule has 0 aliphatic carbocycles. The van der Waals surface area contributed by atoms with Crippen molar-refractivity contribution in [2.45, 2.75) is 6.92 Å². The van der Waals surface area contributed by atoms with Gasteiger partial charge in [-0.25, -0.2) is 0 Å². The molecule has 0 aromatic carbocycles. The molecule has 0 aromatic heterocycles. The van der Waals surface area contributed by atoms with Gasteiger partial charge in [0, 0.05) is 0 Å². The first kappa shape index (κ1) is 5.42. The molecule has 1 nitrogen and oxygen atoms in total. The first-order valence-electron chi connectivity index (χ1n) is 2.54. The Morgan fingerprint density at radius 1 is 1.71 bits per heavy atom. The van der Waals surface area contributed by atoms with Gasteiger partial charge in [-0.15, -0.1) is 0 Å². The maximum absolute atomic E-state index is 2.44. The molecule has 1 rings (SSSR count). The van der Waals surface area contributed by atoms with E-state index in [1.807, 2.05) is 0 Å². The monoisotopic (exact) mass is 197 g/mol. The van der Waals surface area contributed by atoms with E-state index >= 15 is 0 Å². The van der Waals surface area contributed by atoms with Crippen LogP contribution in [0.4, 0.5) is 0 Å². The quantitative estimate of drug-likeness (QED) is 0.582. The molecule has 1 heterocycles. The number of allylic oxidation sites excluding steroid dienone is 1. The zero-order valence-corrected chi connectivity index (χ0v) is 7.76. The fraction of sp³-hybridized carbons (Fsp3) is 0.400. The van der Waals surface area contributed by atoms with Crippen LogP contribution >= 0.6 is 0 Å². The molecule has 0 saturated carbocycles. The SMILES string of the molecule is CC[N]1C=C[CH]=[In]1. The van der Waals surface area contributed by atoms with Crippen molar-refractivity contribution in [3.8, 4) is 0 Å². The predicted octanol–water partition coefficient (Wildman–Crippen LogP) is 0.257. The molecule has 0 unspecified atom stereocenters. The van der Waals surface area contributed by atoms with Gasteiger partial charge < -0.3 is 0 Å². The maximum atomic E-state index is 2.44. The van der Waals surface area contributed by atoms with Crippen LogP contribution in [0.3, 0.4) is 0 Å². The normalized spacial score (nSPS) is 15.3. The van der Waals surface area contributed by atoms with Crippen LogP contribution in [0.25, 0.3) is 0 Å². The molecule has 0 bridgehead atoms. The molecule has 1 aliphatic rings. The molecule has 1 aliphatic heterocycles. The third-order valence-corrected chi connectivity index (χ3v) is 4.78. The van der Waals surface area contributed by atoms with Crippen molar-refractivity contribution in [3.63, 3.8) is 0 Å². The van der Waals surface area contributed by atoms with Crippen LogP contribution in [0.1, 0.15) is 6.92 Å². The van der Waals surface area contributed by atoms with Gasteiger partial charge in [0.25, 0.3) is 0 Å². The summed E-state index contributed by atoms with van der Waals surface area (Å²) in [4.78, 5) is 0. The molecule has 2 heteroatoms. The van der Waals surface area contributed by atoms with Crippen LogP contribution < -0.4 is 0 Å². The van der Waals surface area contributed by atoms with E-state index in [1.165, 1.54) is 6.54 Å². The summed E-state index contributed by atoms with van der Waals surface area (Å²) in [6.45, 7) is 3.42. The summed E-state index contributed by atoms with van der Waals surface area (Å²) in [5.41, 5.74) is 0. The Kier molecular flexibility index (Phi) is 1.98. The van der Waals surface area contributed by atoms with Gasteiger partial charge in [-0.1, -0.05) is 0 Å². The van der Waals surface area contributed by atoms with E-state index in [9.17, 15) is 0 Å². The van der Waals surface area contributed by atoms with Gasteiger partial charge in [0.1, 0.15) is 0 Å². The molecular formula is C5H8InN. The van der Waals surface area contributed by atoms with Crippen molar-refractivity contribution in [3.05, 3.63) is 12.3 Å². The van der Waals surface area contributed by atoms with Gasteiger partial charge in [0.2, 0.25) is 0 Å². The summed E-state index contributed by atoms with van der Waals surface area (Å²) in [6.07, 6.45) is 4.37. The zero-order chi connectivity index (χ0) is 5.11. The fourth-order valence-corrected chi connectivity index (χ4v) is 2.95. The Bertz CT molecular complexity index is 94.6. The standard InChI is InChI=1S/C5H8N.In/c1-3-5-6-4-2;/h1,3,5H,4H2,2H3;/q-1;+1. The summed E-state index contributed by atoms with van der Waals surface area (Å²) in [5.74, 6) is 0. The summed E-state index contributed by atoms with van der Waals surface area (Å²) in [7, 11) is 0. The van der Waals surface area contributed by atoms with E-state index in [0.29, 0.717) is 0 Å². The zero-order valence-electron chi connectivity index (χ0n) is 4.46. The first-order valence-corrected chi connectivity index (χ1v) is 5.92. The van der Waals surface area contributed by atoms with E-state index < -0.39 is 0 Å². The third kappa shape index (κ3) is 1.34. The molecule has 0 N–H and O–H groups in total. The van der Waals surface area contributed by atoms with Crippen LogP contribution in [0.2, 0.25) is 0 Å². The number of nitrogens with zero attached hydrogens (tertiary/aromatic N) is 1. The van der Waals surface area contributed by atoms with Crippen molar-refractivity contribution in [2.75, 3.05) is 6.54 Å². The van der Waals surface area contributed by atoms with Crippen molar-refractivity contribution in [2.24, 2.45) is 0 Å². The Hall–Kier alpha value is 0.280. The molecule has 0 spiro atoms. The Morgan fingerprint density at radius 3 is 2.86 bits per heavy atom. The molecule has 0 amide bonds. The Labute approximate surface area is 55.2 Å². The van der Waals surface area contributed by atoms with Gasteiger partial charge >= 0.3 is 55.1 Å². The molecule has 36 valence electrons. The number of hydrogen-bond acceptors (Lipinski definition) is 1. The minimum atomic E-state index is -0.333. The van der Waals surface area contributed by atoms with E-state index in [0.717, 1.165) is 0 Å². The second kappa shape index (κ2) is 2.55. The second-order valence-corrected chi connectivity index (χ2v) is 5.36. The Balaban J connectivity index is 2.44. The first-order chi connectivity index (χ1) is 3.43. The van der Waals surface area contributed by atoms with Gasteiger partial charge in [-0.2, -0.15) is 0 Å². The van der Waals surface area contributed by atoms with Crippen molar-refractivity contribution in [1.29, 1.82) is 0 Å². The van der Waals surface area contributed by atoms with E-state index in [1.54, 1.807) is 0 Å². The molecular weight excluding hydrogens is 189 g/mol. The molecule has 0 aromatic rings. The average Bonchev–Trinajstić information content (AvgIpc) is 2.14. The fourth-order valence-electron chi connectivity index (χ4n) is 0.581. The summed E-state index contributed by atoms with van der Waals surface area (Å²) in [6, 6.07) is 0. The van der Waals surface area contributed by atoms with E-state index in [2.05, 4.69) is 25.8 Å². The van der Waals surface area contributed by atoms with E-state index in [-0.39, 0.29) is 22.7 Å². The molecule has 0 fully saturated rings. The second-order valence-electron chi connectivity index (χ2n) is 1.51. The molecule has 7 heavy (non-hydrogen) atoms. The molecule has 0 atom stereocenters. The van der Waals surface area contributed by atoms with Gasteiger partial charge in [-0.05, 0) is 0 Å². The van der Waals surface area contributed by atoms with Crippen LogP contribution in [0.5, 0.6) is 0 Å². The summed E-state index contributed by atoms with van der Waals surface area (Å²) < 4.78 is 4.79. The van der Waals surface area contributed by atoms with Gasteiger partial charge in [-0.3, -0.25) is 0 Å². The van der Waals surface area contributed by atoms with Gasteiger partial charge in [0.05, 0.1) is 0 Å². The molecule has 0 radical (unpaired) electrons. The minimum absolute atomic E-state index is 0.333. The van der Waals surface area contributed by atoms with E-state index in [4.69, 9.17) is 0 Å². The summed E-state index contributed by atoms with van der Waals surface area (Å²) in [5, 5.41) is 0. The topological polar surface area (TPSA) is 3.24 Å². The van der Waals surface area contributed by atoms with Crippen molar-refractivity contribution < 1.29 is 0 Å². The third-order valence-electron chi connectivity index (χ3n) is 1.03. The predicted molar refractivity (Wildman–Crippen MR) is 33.3 cm³/mol. The Morgan fingerprint density at radius 2 is 2.57 bits per heavy atom. The molecule has 0 saturated heterocycles. The van der Waals surface area contributed by atoms with Crippen LogP contribution in [0, 0.1) is 0 Å². The van der Waals surface area contributed by atoms with Gasteiger partial charge in [0.15, 0.2) is 0 Å². The number of rotatable bonds is 1. The average molecular weight is 197 g/mol. The van der Waals surface area contributed by atoms with Crippen LogP contribution in [0.15, 0.2) is 12.3 Å². The summed E-state index contributed by atoms with van der Waals surface area (Å²) >= 11 is -0.333. The van der Waals surface area contributed by atoms with Crippen LogP contribution in [-0.2, 0) is 0 Å².